The van der Waals surface area contributed by atoms with E-state index in [1.54, 1.807) is 12.1 Å². The quantitative estimate of drug-likeness (QED) is 0.829. The lowest BCUT2D eigenvalue weighted by Gasteiger charge is -2.05. The summed E-state index contributed by atoms with van der Waals surface area (Å²) in [6.45, 7) is 0.641. The van der Waals surface area contributed by atoms with Gasteiger partial charge in [-0.1, -0.05) is 29.3 Å². The summed E-state index contributed by atoms with van der Waals surface area (Å²) in [7, 11) is 0. The average molecular weight is 262 g/mol. The first-order valence-electron chi connectivity index (χ1n) is 4.93. The van der Waals surface area contributed by atoms with Gasteiger partial charge in [0.1, 0.15) is 0 Å². The van der Waals surface area contributed by atoms with Gasteiger partial charge in [0.05, 0.1) is 23.1 Å². The fourth-order valence-electron chi connectivity index (χ4n) is 1.17. The first-order chi connectivity index (χ1) is 7.63. The third-order valence-electron chi connectivity index (χ3n) is 1.99. The Morgan fingerprint density at radius 1 is 1.31 bits per heavy atom. The van der Waals surface area contributed by atoms with Gasteiger partial charge in [0, 0.05) is 13.0 Å². The van der Waals surface area contributed by atoms with Crippen molar-refractivity contribution in [3.63, 3.8) is 0 Å². The highest BCUT2D eigenvalue weighted by atomic mass is 35.5. The standard InChI is InChI=1S/C11H13Cl2NO2/c12-9-2-1-8(7-10(9)13)4-6-16-11(15)3-5-14/h1-2,7H,3-6,14H2. The van der Waals surface area contributed by atoms with E-state index >= 15 is 0 Å². The monoisotopic (exact) mass is 261 g/mol. The van der Waals surface area contributed by atoms with Crippen LogP contribution in [0.15, 0.2) is 18.2 Å². The molecule has 0 bridgehead atoms. The summed E-state index contributed by atoms with van der Waals surface area (Å²) in [5.41, 5.74) is 6.20. The van der Waals surface area contributed by atoms with Gasteiger partial charge in [-0.3, -0.25) is 4.79 Å². The van der Waals surface area contributed by atoms with Crippen LogP contribution in [0.5, 0.6) is 0 Å². The van der Waals surface area contributed by atoms with Crippen LogP contribution in [0.2, 0.25) is 10.0 Å². The molecule has 0 saturated heterocycles. The lowest BCUT2D eigenvalue weighted by Crippen LogP contribution is -2.12. The van der Waals surface area contributed by atoms with Crippen LogP contribution in [0.3, 0.4) is 0 Å². The molecule has 0 saturated carbocycles. The predicted octanol–water partition coefficient (Wildman–Crippen LogP) is 2.43. The van der Waals surface area contributed by atoms with E-state index in [1.165, 1.54) is 0 Å². The fourth-order valence-corrected chi connectivity index (χ4v) is 1.49. The third-order valence-corrected chi connectivity index (χ3v) is 2.73. The van der Waals surface area contributed by atoms with Gasteiger partial charge < -0.3 is 10.5 Å². The van der Waals surface area contributed by atoms with Gasteiger partial charge in [-0.25, -0.2) is 0 Å². The zero-order chi connectivity index (χ0) is 12.0. The normalized spacial score (nSPS) is 10.2. The summed E-state index contributed by atoms with van der Waals surface area (Å²) in [6, 6.07) is 5.34. The van der Waals surface area contributed by atoms with Crippen molar-refractivity contribution >= 4 is 29.2 Å². The number of hydrogen-bond acceptors (Lipinski definition) is 3. The molecule has 1 aromatic rings. The number of ether oxygens (including phenoxy) is 1. The Bertz CT molecular complexity index is 369. The molecule has 0 radical (unpaired) electrons. The zero-order valence-electron chi connectivity index (χ0n) is 8.71. The molecule has 0 spiro atoms. The summed E-state index contributed by atoms with van der Waals surface area (Å²) in [6.07, 6.45) is 0.870. The molecule has 0 aliphatic heterocycles. The number of carbonyl (C=O) groups excluding carboxylic acids is 1. The largest absolute Gasteiger partial charge is 0.465 e. The van der Waals surface area contributed by atoms with E-state index in [2.05, 4.69) is 0 Å². The Hall–Kier alpha value is -0.770. The van der Waals surface area contributed by atoms with Crippen LogP contribution < -0.4 is 5.73 Å². The highest BCUT2D eigenvalue weighted by Crippen LogP contribution is 2.22. The van der Waals surface area contributed by atoms with Crippen LogP contribution in [-0.2, 0) is 16.0 Å². The maximum atomic E-state index is 11.0. The number of benzene rings is 1. The van der Waals surface area contributed by atoms with Gasteiger partial charge in [0.15, 0.2) is 0 Å². The number of rotatable bonds is 5. The number of esters is 1. The fraction of sp³-hybridized carbons (Fsp3) is 0.364. The summed E-state index contributed by atoms with van der Waals surface area (Å²) in [5, 5.41) is 1.03. The van der Waals surface area contributed by atoms with Gasteiger partial charge in [0.25, 0.3) is 0 Å². The lowest BCUT2D eigenvalue weighted by molar-refractivity contribution is -0.143. The maximum Gasteiger partial charge on any atom is 0.307 e. The number of halogens is 2. The first-order valence-corrected chi connectivity index (χ1v) is 5.68. The predicted molar refractivity (Wildman–Crippen MR) is 64.8 cm³/mol. The Balaban J connectivity index is 2.37. The molecule has 88 valence electrons. The van der Waals surface area contributed by atoms with Crippen LogP contribution in [0.25, 0.3) is 0 Å². The Kier molecular flexibility index (Phi) is 5.60. The minimum atomic E-state index is -0.275. The first kappa shape index (κ1) is 13.3. The second-order valence-corrected chi connectivity index (χ2v) is 4.07. The van der Waals surface area contributed by atoms with Gasteiger partial charge in [-0.2, -0.15) is 0 Å². The molecular weight excluding hydrogens is 249 g/mol. The number of carbonyl (C=O) groups is 1. The van der Waals surface area contributed by atoms with Gasteiger partial charge in [0.2, 0.25) is 0 Å². The molecule has 0 amide bonds. The molecule has 0 fully saturated rings. The van der Waals surface area contributed by atoms with Crippen LogP contribution in [0.4, 0.5) is 0 Å². The van der Waals surface area contributed by atoms with Crippen molar-refractivity contribution in [3.05, 3.63) is 33.8 Å². The molecular formula is C11H13Cl2NO2. The summed E-state index contributed by atoms with van der Waals surface area (Å²) < 4.78 is 4.96. The summed E-state index contributed by atoms with van der Waals surface area (Å²) in [5.74, 6) is -0.275. The summed E-state index contributed by atoms with van der Waals surface area (Å²) >= 11 is 11.6. The zero-order valence-corrected chi connectivity index (χ0v) is 10.2. The Labute approximate surface area is 104 Å². The highest BCUT2D eigenvalue weighted by Gasteiger charge is 2.02. The van der Waals surface area contributed by atoms with Gasteiger partial charge in [-0.15, -0.1) is 0 Å². The molecule has 3 nitrogen and oxygen atoms in total. The second kappa shape index (κ2) is 6.74. The second-order valence-electron chi connectivity index (χ2n) is 3.26. The average Bonchev–Trinajstić information content (AvgIpc) is 2.24. The minimum absolute atomic E-state index is 0.251. The van der Waals surface area contributed by atoms with Crippen molar-refractivity contribution in [2.75, 3.05) is 13.2 Å². The lowest BCUT2D eigenvalue weighted by atomic mass is 10.2. The highest BCUT2D eigenvalue weighted by molar-refractivity contribution is 6.42. The molecule has 2 N–H and O–H groups in total. The van der Waals surface area contributed by atoms with Crippen molar-refractivity contribution in [1.82, 2.24) is 0 Å². The molecule has 0 atom stereocenters. The van der Waals surface area contributed by atoms with Crippen molar-refractivity contribution in [2.24, 2.45) is 5.73 Å². The van der Waals surface area contributed by atoms with Crippen LogP contribution >= 0.6 is 23.2 Å². The topological polar surface area (TPSA) is 52.3 Å². The van der Waals surface area contributed by atoms with Crippen molar-refractivity contribution < 1.29 is 9.53 Å². The van der Waals surface area contributed by atoms with E-state index in [0.717, 1.165) is 5.56 Å². The van der Waals surface area contributed by atoms with E-state index < -0.39 is 0 Å². The van der Waals surface area contributed by atoms with E-state index in [4.69, 9.17) is 33.7 Å². The molecule has 1 rings (SSSR count). The van der Waals surface area contributed by atoms with E-state index in [9.17, 15) is 4.79 Å². The molecule has 1 aromatic carbocycles. The van der Waals surface area contributed by atoms with Crippen LogP contribution in [0, 0.1) is 0 Å². The SMILES string of the molecule is NCCC(=O)OCCc1ccc(Cl)c(Cl)c1. The Morgan fingerprint density at radius 3 is 2.69 bits per heavy atom. The molecule has 0 heterocycles. The molecule has 5 heteroatoms. The maximum absolute atomic E-state index is 11.0. The molecule has 0 aromatic heterocycles. The van der Waals surface area contributed by atoms with E-state index in [-0.39, 0.29) is 12.4 Å². The molecule has 16 heavy (non-hydrogen) atoms. The van der Waals surface area contributed by atoms with Crippen LogP contribution in [0.1, 0.15) is 12.0 Å². The van der Waals surface area contributed by atoms with E-state index in [0.29, 0.717) is 29.6 Å². The number of hydrogen-bond donors (Lipinski definition) is 1. The third kappa shape index (κ3) is 4.39. The Morgan fingerprint density at radius 2 is 2.06 bits per heavy atom. The molecule has 0 unspecified atom stereocenters. The smallest absolute Gasteiger partial charge is 0.307 e. The van der Waals surface area contributed by atoms with Crippen molar-refractivity contribution in [1.29, 1.82) is 0 Å². The van der Waals surface area contributed by atoms with Crippen LogP contribution in [-0.4, -0.2) is 19.1 Å². The summed E-state index contributed by atoms with van der Waals surface area (Å²) in [4.78, 5) is 11.0. The molecule has 0 aliphatic rings. The van der Waals surface area contributed by atoms with Crippen molar-refractivity contribution in [2.45, 2.75) is 12.8 Å². The van der Waals surface area contributed by atoms with E-state index in [1.807, 2.05) is 6.07 Å². The van der Waals surface area contributed by atoms with Gasteiger partial charge >= 0.3 is 5.97 Å². The van der Waals surface area contributed by atoms with Gasteiger partial charge in [-0.05, 0) is 17.7 Å². The minimum Gasteiger partial charge on any atom is -0.465 e. The van der Waals surface area contributed by atoms with Crippen molar-refractivity contribution in [3.8, 4) is 0 Å². The molecule has 0 aliphatic carbocycles. The number of nitrogens with two attached hydrogens (primary N) is 1.